The van der Waals surface area contributed by atoms with Gasteiger partial charge >= 0.3 is 0 Å². The van der Waals surface area contributed by atoms with E-state index in [-0.39, 0.29) is 24.8 Å². The minimum Gasteiger partial charge on any atom is -0.454 e. The molecule has 7 nitrogen and oxygen atoms in total. The molecule has 24 heavy (non-hydrogen) atoms. The molecule has 132 valence electrons. The van der Waals surface area contributed by atoms with Crippen molar-refractivity contribution < 1.29 is 23.7 Å². The van der Waals surface area contributed by atoms with E-state index in [4.69, 9.17) is 18.9 Å². The lowest BCUT2D eigenvalue weighted by atomic mass is 10.1. The van der Waals surface area contributed by atoms with E-state index in [1.807, 2.05) is 14.1 Å². The summed E-state index contributed by atoms with van der Waals surface area (Å²) in [5.74, 6) is 1.10. The van der Waals surface area contributed by atoms with E-state index in [1.165, 1.54) is 0 Å². The first-order chi connectivity index (χ1) is 11.6. The van der Waals surface area contributed by atoms with Crippen LogP contribution in [0.15, 0.2) is 18.2 Å². The number of amides is 1. The van der Waals surface area contributed by atoms with Gasteiger partial charge in [0.2, 0.25) is 6.79 Å². The Labute approximate surface area is 141 Å². The molecule has 1 amide bonds. The van der Waals surface area contributed by atoms with E-state index >= 15 is 0 Å². The summed E-state index contributed by atoms with van der Waals surface area (Å²) in [5, 5.41) is 3.02. The third kappa shape index (κ3) is 4.17. The summed E-state index contributed by atoms with van der Waals surface area (Å²) >= 11 is 0. The number of hydrogen-bond acceptors (Lipinski definition) is 6. The van der Waals surface area contributed by atoms with Crippen molar-refractivity contribution in [3.63, 3.8) is 0 Å². The Kier molecular flexibility index (Phi) is 5.55. The summed E-state index contributed by atoms with van der Waals surface area (Å²) in [4.78, 5) is 14.6. The van der Waals surface area contributed by atoms with Gasteiger partial charge in [-0.15, -0.1) is 0 Å². The van der Waals surface area contributed by atoms with Crippen LogP contribution in [0.1, 0.15) is 16.8 Å². The first-order valence-electron chi connectivity index (χ1n) is 8.18. The number of rotatable bonds is 6. The normalized spacial score (nSPS) is 22.6. The summed E-state index contributed by atoms with van der Waals surface area (Å²) in [6.07, 6.45) is 0.746. The van der Waals surface area contributed by atoms with Crippen molar-refractivity contribution in [1.82, 2.24) is 10.2 Å². The van der Waals surface area contributed by atoms with Crippen molar-refractivity contribution in [2.75, 3.05) is 47.3 Å². The molecular weight excluding hydrogens is 312 g/mol. The highest BCUT2D eigenvalue weighted by atomic mass is 16.7. The maximum absolute atomic E-state index is 12.5. The predicted molar refractivity (Wildman–Crippen MR) is 87.5 cm³/mol. The Morgan fingerprint density at radius 2 is 2.17 bits per heavy atom. The molecule has 7 heteroatoms. The minimum absolute atomic E-state index is 0.0309. The largest absolute Gasteiger partial charge is 0.454 e. The second kappa shape index (κ2) is 7.83. The topological polar surface area (TPSA) is 69.3 Å². The van der Waals surface area contributed by atoms with Crippen LogP contribution >= 0.6 is 0 Å². The number of nitrogens with zero attached hydrogens (tertiary/aromatic N) is 1. The SMILES string of the molecule is CN(C)CCO[C@H]1CCOC[C@H]1NC(=O)c1ccc2c(c1)OCO2. The summed E-state index contributed by atoms with van der Waals surface area (Å²) in [6.45, 7) is 2.79. The number of benzene rings is 1. The molecule has 0 unspecified atom stereocenters. The average molecular weight is 336 g/mol. The van der Waals surface area contributed by atoms with Gasteiger partial charge in [0, 0.05) is 18.7 Å². The highest BCUT2D eigenvalue weighted by Crippen LogP contribution is 2.32. The number of ether oxygens (including phenoxy) is 4. The van der Waals surface area contributed by atoms with Crippen LogP contribution < -0.4 is 14.8 Å². The smallest absolute Gasteiger partial charge is 0.251 e. The Balaban J connectivity index is 1.58. The fraction of sp³-hybridized carbons (Fsp3) is 0.588. The third-order valence-corrected chi connectivity index (χ3v) is 4.11. The van der Waals surface area contributed by atoms with Gasteiger partial charge in [-0.1, -0.05) is 0 Å². The van der Waals surface area contributed by atoms with E-state index in [9.17, 15) is 4.79 Å². The Morgan fingerprint density at radius 3 is 3.00 bits per heavy atom. The highest BCUT2D eigenvalue weighted by Gasteiger charge is 2.28. The van der Waals surface area contributed by atoms with Crippen molar-refractivity contribution >= 4 is 5.91 Å². The molecule has 1 fully saturated rings. The molecule has 2 atom stereocenters. The molecule has 0 radical (unpaired) electrons. The monoisotopic (exact) mass is 336 g/mol. The third-order valence-electron chi connectivity index (χ3n) is 4.11. The van der Waals surface area contributed by atoms with Crippen LogP contribution in [0.5, 0.6) is 11.5 Å². The quantitative estimate of drug-likeness (QED) is 0.832. The summed E-state index contributed by atoms with van der Waals surface area (Å²) in [5.41, 5.74) is 0.539. The van der Waals surface area contributed by atoms with E-state index in [0.29, 0.717) is 36.9 Å². The van der Waals surface area contributed by atoms with E-state index < -0.39 is 0 Å². The van der Waals surface area contributed by atoms with Gasteiger partial charge < -0.3 is 29.2 Å². The Bertz CT molecular complexity index is 578. The van der Waals surface area contributed by atoms with Crippen LogP contribution in [0.3, 0.4) is 0 Å². The second-order valence-electron chi connectivity index (χ2n) is 6.22. The zero-order chi connectivity index (χ0) is 16.9. The van der Waals surface area contributed by atoms with Crippen LogP contribution in [0.2, 0.25) is 0 Å². The lowest BCUT2D eigenvalue weighted by Crippen LogP contribution is -2.51. The van der Waals surface area contributed by atoms with Gasteiger partial charge in [0.1, 0.15) is 0 Å². The molecule has 0 aliphatic carbocycles. The van der Waals surface area contributed by atoms with E-state index in [2.05, 4.69) is 10.2 Å². The van der Waals surface area contributed by atoms with Crippen LogP contribution in [0.4, 0.5) is 0 Å². The maximum Gasteiger partial charge on any atom is 0.251 e. The number of fused-ring (bicyclic) bond motifs is 1. The standard InChI is InChI=1S/C17H24N2O5/c1-19(2)6-8-22-14-5-7-21-10-13(14)18-17(20)12-3-4-15-16(9-12)24-11-23-15/h3-4,9,13-14H,5-8,10-11H2,1-2H3,(H,18,20)/t13-,14+/m1/s1. The van der Waals surface area contributed by atoms with Gasteiger partial charge in [0.25, 0.3) is 5.91 Å². The Morgan fingerprint density at radius 1 is 1.33 bits per heavy atom. The molecule has 1 aromatic carbocycles. The summed E-state index contributed by atoms with van der Waals surface area (Å²) < 4.78 is 22.0. The van der Waals surface area contributed by atoms with E-state index in [1.54, 1.807) is 18.2 Å². The highest BCUT2D eigenvalue weighted by molar-refractivity contribution is 5.95. The van der Waals surface area contributed by atoms with Crippen molar-refractivity contribution in [1.29, 1.82) is 0 Å². The van der Waals surface area contributed by atoms with Crippen LogP contribution in [0.25, 0.3) is 0 Å². The average Bonchev–Trinajstić information content (AvgIpc) is 3.03. The van der Waals surface area contributed by atoms with Crippen LogP contribution in [-0.2, 0) is 9.47 Å². The fourth-order valence-electron chi connectivity index (χ4n) is 2.73. The molecule has 2 heterocycles. The molecule has 0 saturated carbocycles. The van der Waals surface area contributed by atoms with Crippen LogP contribution in [-0.4, -0.2) is 70.2 Å². The second-order valence-corrected chi connectivity index (χ2v) is 6.22. The van der Waals surface area contributed by atoms with Gasteiger partial charge in [0.15, 0.2) is 11.5 Å². The van der Waals surface area contributed by atoms with Crippen molar-refractivity contribution in [3.8, 4) is 11.5 Å². The zero-order valence-corrected chi connectivity index (χ0v) is 14.1. The zero-order valence-electron chi connectivity index (χ0n) is 14.1. The summed E-state index contributed by atoms with van der Waals surface area (Å²) in [7, 11) is 4.01. The fourth-order valence-corrected chi connectivity index (χ4v) is 2.73. The Hall–Kier alpha value is -1.83. The number of hydrogen-bond donors (Lipinski definition) is 1. The predicted octanol–water partition coefficient (Wildman–Crippen LogP) is 0.881. The molecular formula is C17H24N2O5. The molecule has 3 rings (SSSR count). The molecule has 2 aliphatic rings. The van der Waals surface area contributed by atoms with Crippen molar-refractivity contribution in [2.45, 2.75) is 18.6 Å². The lowest BCUT2D eigenvalue weighted by Gasteiger charge is -2.32. The van der Waals surface area contributed by atoms with Gasteiger partial charge in [-0.25, -0.2) is 0 Å². The number of nitrogens with one attached hydrogen (secondary N) is 1. The van der Waals surface area contributed by atoms with Gasteiger partial charge in [-0.2, -0.15) is 0 Å². The van der Waals surface area contributed by atoms with Gasteiger partial charge in [-0.05, 0) is 38.7 Å². The van der Waals surface area contributed by atoms with E-state index in [0.717, 1.165) is 13.0 Å². The molecule has 0 aromatic heterocycles. The van der Waals surface area contributed by atoms with Crippen molar-refractivity contribution in [2.24, 2.45) is 0 Å². The molecule has 2 aliphatic heterocycles. The lowest BCUT2D eigenvalue weighted by molar-refractivity contribution is -0.0561. The van der Waals surface area contributed by atoms with Crippen molar-refractivity contribution in [3.05, 3.63) is 23.8 Å². The first kappa shape index (κ1) is 17.0. The maximum atomic E-state index is 12.5. The van der Waals surface area contributed by atoms with Gasteiger partial charge in [-0.3, -0.25) is 4.79 Å². The molecule has 0 bridgehead atoms. The minimum atomic E-state index is -0.162. The number of carbonyl (C=O) groups is 1. The molecule has 0 spiro atoms. The molecule has 1 saturated heterocycles. The summed E-state index contributed by atoms with van der Waals surface area (Å²) in [6, 6.07) is 5.02. The number of carbonyl (C=O) groups excluding carboxylic acids is 1. The number of likely N-dealkylation sites (N-methyl/N-ethyl adjacent to an activating group) is 1. The van der Waals surface area contributed by atoms with Gasteiger partial charge in [0.05, 0.1) is 25.4 Å². The molecule has 1 N–H and O–H groups in total. The molecule has 1 aromatic rings. The first-order valence-corrected chi connectivity index (χ1v) is 8.18. The van der Waals surface area contributed by atoms with Crippen LogP contribution in [0, 0.1) is 0 Å².